The lowest BCUT2D eigenvalue weighted by Crippen LogP contribution is -2.29. The first-order valence-electron chi connectivity index (χ1n) is 5.59. The molecule has 0 saturated heterocycles. The lowest BCUT2D eigenvalue weighted by atomic mass is 10.4. The van der Waals surface area contributed by atoms with Gasteiger partial charge in [0, 0.05) is 20.1 Å². The Hall–Kier alpha value is -0.920. The number of hydrogen-bond donors (Lipinski definition) is 2. The van der Waals surface area contributed by atoms with Crippen molar-refractivity contribution < 1.29 is 8.42 Å². The molecule has 0 spiro atoms. The second kappa shape index (κ2) is 5.61. The Bertz CT molecular complexity index is 467. The third kappa shape index (κ3) is 2.85. The Morgan fingerprint density at radius 2 is 2.12 bits per heavy atom. The summed E-state index contributed by atoms with van der Waals surface area (Å²) in [4.78, 5) is 0.294. The number of nitrogens with one attached hydrogen (secondary N) is 2. The van der Waals surface area contributed by atoms with Gasteiger partial charge in [0.05, 0.1) is 11.4 Å². The van der Waals surface area contributed by atoms with Crippen LogP contribution in [0.5, 0.6) is 0 Å². The van der Waals surface area contributed by atoms with Crippen LogP contribution >= 0.6 is 0 Å². The molecule has 0 fully saturated rings. The van der Waals surface area contributed by atoms with Gasteiger partial charge in [0.15, 0.2) is 0 Å². The molecule has 0 aliphatic carbocycles. The highest BCUT2D eigenvalue weighted by atomic mass is 32.2. The summed E-state index contributed by atoms with van der Waals surface area (Å²) >= 11 is 0. The number of H-pyrrole nitrogens is 1. The topological polar surface area (TPSA) is 78.1 Å². The normalized spacial score (nSPS) is 12.3. The molecule has 98 valence electrons. The second-order valence-corrected chi connectivity index (χ2v) is 5.96. The molecule has 1 aromatic rings. The number of aromatic nitrogens is 2. The van der Waals surface area contributed by atoms with Gasteiger partial charge in [0.1, 0.15) is 4.90 Å². The number of aryl methyl sites for hydroxylation is 1. The van der Waals surface area contributed by atoms with Crippen molar-refractivity contribution in [3.63, 3.8) is 0 Å². The second-order valence-electron chi connectivity index (χ2n) is 3.98. The lowest BCUT2D eigenvalue weighted by Gasteiger charge is -2.16. The van der Waals surface area contributed by atoms with E-state index in [4.69, 9.17) is 0 Å². The summed E-state index contributed by atoms with van der Waals surface area (Å²) in [5.41, 5.74) is 1.12. The molecule has 6 nitrogen and oxygen atoms in total. The smallest absolute Gasteiger partial charge is 0.246 e. The summed E-state index contributed by atoms with van der Waals surface area (Å²) in [6.07, 6.45) is 0.786. The van der Waals surface area contributed by atoms with Crippen molar-refractivity contribution >= 4 is 10.0 Å². The van der Waals surface area contributed by atoms with Gasteiger partial charge in [-0.25, -0.2) is 12.7 Å². The number of rotatable bonds is 6. The number of hydrogen-bond acceptors (Lipinski definition) is 4. The van der Waals surface area contributed by atoms with Gasteiger partial charge in [-0.3, -0.25) is 5.10 Å². The molecule has 1 rings (SSSR count). The quantitative estimate of drug-likeness (QED) is 0.779. The minimum atomic E-state index is -3.44. The number of nitrogens with zero attached hydrogens (tertiary/aromatic N) is 2. The third-order valence-corrected chi connectivity index (χ3v) is 4.57. The molecule has 0 aliphatic rings. The summed E-state index contributed by atoms with van der Waals surface area (Å²) in [5, 5.41) is 9.67. The van der Waals surface area contributed by atoms with Crippen LogP contribution < -0.4 is 5.32 Å². The fourth-order valence-electron chi connectivity index (χ4n) is 1.69. The molecular formula is C10H20N4O2S. The van der Waals surface area contributed by atoms with Crippen molar-refractivity contribution in [1.82, 2.24) is 19.8 Å². The van der Waals surface area contributed by atoms with Crippen LogP contribution in [0.4, 0.5) is 0 Å². The zero-order valence-corrected chi connectivity index (χ0v) is 11.6. The van der Waals surface area contributed by atoms with Crippen molar-refractivity contribution in [1.29, 1.82) is 0 Å². The third-order valence-electron chi connectivity index (χ3n) is 2.51. The predicted octanol–water partition coefficient (Wildman–Crippen LogP) is 0.468. The first-order valence-corrected chi connectivity index (χ1v) is 7.03. The monoisotopic (exact) mass is 260 g/mol. The summed E-state index contributed by atoms with van der Waals surface area (Å²) in [6.45, 7) is 4.60. The molecule has 0 unspecified atom stereocenters. The van der Waals surface area contributed by atoms with E-state index in [9.17, 15) is 8.42 Å². The molecule has 0 saturated carbocycles. The maximum atomic E-state index is 12.3. The Morgan fingerprint density at radius 1 is 1.47 bits per heavy atom. The Balaban J connectivity index is 3.18. The van der Waals surface area contributed by atoms with E-state index in [2.05, 4.69) is 15.5 Å². The average molecular weight is 260 g/mol. The van der Waals surface area contributed by atoms with Gasteiger partial charge in [-0.15, -0.1) is 0 Å². The molecule has 0 bridgehead atoms. The van der Waals surface area contributed by atoms with E-state index in [1.807, 2.05) is 6.92 Å². The van der Waals surface area contributed by atoms with Gasteiger partial charge >= 0.3 is 0 Å². The molecular weight excluding hydrogens is 240 g/mol. The van der Waals surface area contributed by atoms with Crippen LogP contribution in [0.1, 0.15) is 24.7 Å². The summed E-state index contributed by atoms with van der Waals surface area (Å²) in [6, 6.07) is 0. The van der Waals surface area contributed by atoms with E-state index in [0.717, 1.165) is 6.42 Å². The van der Waals surface area contributed by atoms with Crippen molar-refractivity contribution in [2.24, 2.45) is 0 Å². The first kappa shape index (κ1) is 14.1. The fourth-order valence-corrected chi connectivity index (χ4v) is 3.27. The van der Waals surface area contributed by atoms with E-state index in [1.54, 1.807) is 21.0 Å². The zero-order chi connectivity index (χ0) is 13.1. The lowest BCUT2D eigenvalue weighted by molar-refractivity contribution is 0.467. The minimum absolute atomic E-state index is 0.294. The maximum absolute atomic E-state index is 12.3. The SMILES string of the molecule is CCCN(C)S(=O)(=O)c1c(CNC)n[nH]c1C. The highest BCUT2D eigenvalue weighted by Crippen LogP contribution is 2.21. The van der Waals surface area contributed by atoms with Gasteiger partial charge in [0.2, 0.25) is 10.0 Å². The van der Waals surface area contributed by atoms with Crippen LogP contribution in [-0.2, 0) is 16.6 Å². The predicted molar refractivity (Wildman–Crippen MR) is 66.2 cm³/mol. The van der Waals surface area contributed by atoms with Gasteiger partial charge in [-0.05, 0) is 20.4 Å². The van der Waals surface area contributed by atoms with Crippen molar-refractivity contribution in [3.05, 3.63) is 11.4 Å². The van der Waals surface area contributed by atoms with Gasteiger partial charge in [0.25, 0.3) is 0 Å². The number of sulfonamides is 1. The van der Waals surface area contributed by atoms with Crippen LogP contribution in [0.3, 0.4) is 0 Å². The Labute approximate surface area is 102 Å². The zero-order valence-electron chi connectivity index (χ0n) is 10.7. The maximum Gasteiger partial charge on any atom is 0.246 e. The molecule has 2 N–H and O–H groups in total. The average Bonchev–Trinajstić information content (AvgIpc) is 2.61. The summed E-state index contributed by atoms with van der Waals surface area (Å²) in [7, 11) is -0.0900. The van der Waals surface area contributed by atoms with Crippen molar-refractivity contribution in [2.75, 3.05) is 20.6 Å². The van der Waals surface area contributed by atoms with Crippen molar-refractivity contribution in [3.8, 4) is 0 Å². The Kier molecular flexibility index (Phi) is 4.67. The Morgan fingerprint density at radius 3 is 2.65 bits per heavy atom. The van der Waals surface area contributed by atoms with Crippen LogP contribution in [0.15, 0.2) is 4.90 Å². The highest BCUT2D eigenvalue weighted by molar-refractivity contribution is 7.89. The molecule has 1 heterocycles. The van der Waals surface area contributed by atoms with Crippen LogP contribution in [0, 0.1) is 6.92 Å². The van der Waals surface area contributed by atoms with Crippen LogP contribution in [-0.4, -0.2) is 43.6 Å². The molecule has 0 aromatic carbocycles. The first-order chi connectivity index (χ1) is 7.95. The minimum Gasteiger partial charge on any atom is -0.314 e. The summed E-state index contributed by atoms with van der Waals surface area (Å²) < 4.78 is 26.0. The molecule has 0 atom stereocenters. The van der Waals surface area contributed by atoms with Crippen LogP contribution in [0.25, 0.3) is 0 Å². The van der Waals surface area contributed by atoms with E-state index in [-0.39, 0.29) is 0 Å². The highest BCUT2D eigenvalue weighted by Gasteiger charge is 2.27. The van der Waals surface area contributed by atoms with E-state index in [0.29, 0.717) is 29.4 Å². The van der Waals surface area contributed by atoms with Gasteiger partial charge in [-0.2, -0.15) is 5.10 Å². The largest absolute Gasteiger partial charge is 0.314 e. The van der Waals surface area contributed by atoms with Gasteiger partial charge in [-0.1, -0.05) is 6.92 Å². The van der Waals surface area contributed by atoms with E-state index >= 15 is 0 Å². The molecule has 7 heteroatoms. The summed E-state index contributed by atoms with van der Waals surface area (Å²) in [5.74, 6) is 0. The molecule has 0 radical (unpaired) electrons. The molecule has 1 aromatic heterocycles. The molecule has 0 aliphatic heterocycles. The number of aromatic amines is 1. The van der Waals surface area contributed by atoms with E-state index < -0.39 is 10.0 Å². The van der Waals surface area contributed by atoms with Crippen molar-refractivity contribution in [2.45, 2.75) is 31.7 Å². The van der Waals surface area contributed by atoms with Gasteiger partial charge < -0.3 is 5.32 Å². The molecule has 0 amide bonds. The standard InChI is InChI=1S/C10H20N4O2S/c1-5-6-14(4)17(15,16)10-8(2)12-13-9(10)7-11-3/h11H,5-7H2,1-4H3,(H,12,13). The molecule has 17 heavy (non-hydrogen) atoms. The van der Waals surface area contributed by atoms with E-state index in [1.165, 1.54) is 4.31 Å². The fraction of sp³-hybridized carbons (Fsp3) is 0.700. The van der Waals surface area contributed by atoms with Crippen LogP contribution in [0.2, 0.25) is 0 Å².